The smallest absolute Gasteiger partial charge is 0.326 e. The van der Waals surface area contributed by atoms with E-state index in [1.807, 2.05) is 6.92 Å². The first-order valence-electron chi connectivity index (χ1n) is 5.70. The zero-order valence-electron chi connectivity index (χ0n) is 10.7. The molecule has 1 rings (SSSR count). The monoisotopic (exact) mass is 268 g/mol. The van der Waals surface area contributed by atoms with Crippen LogP contribution < -0.4 is 11.1 Å². The van der Waals surface area contributed by atoms with Crippen LogP contribution in [-0.4, -0.2) is 38.7 Å². The number of aliphatic carboxylic acids is 1. The standard InChI is InChI=1S/C11H16N4O4/c1-3-6-4-8(15(2)14-6)10(17)13-7(11(18)19)5-9(12)16/h4,7H,3,5H2,1-2H3,(H2,12,16)(H,13,17)(H,18,19)/t7-/m0/s1. The maximum Gasteiger partial charge on any atom is 0.326 e. The first-order valence-corrected chi connectivity index (χ1v) is 5.70. The van der Waals surface area contributed by atoms with Crippen LogP contribution in [0, 0.1) is 0 Å². The SMILES string of the molecule is CCc1cc(C(=O)N[C@@H](CC(N)=O)C(=O)O)n(C)n1. The molecular formula is C11H16N4O4. The molecule has 1 atom stereocenters. The fraction of sp³-hybridized carbons (Fsp3) is 0.455. The van der Waals surface area contributed by atoms with E-state index >= 15 is 0 Å². The van der Waals surface area contributed by atoms with Gasteiger partial charge in [-0.1, -0.05) is 6.92 Å². The Hall–Kier alpha value is -2.38. The van der Waals surface area contributed by atoms with E-state index < -0.39 is 30.2 Å². The highest BCUT2D eigenvalue weighted by Gasteiger charge is 2.24. The van der Waals surface area contributed by atoms with Gasteiger partial charge >= 0.3 is 5.97 Å². The molecule has 0 saturated heterocycles. The van der Waals surface area contributed by atoms with Gasteiger partial charge in [0.05, 0.1) is 12.1 Å². The van der Waals surface area contributed by atoms with Gasteiger partial charge in [0.1, 0.15) is 11.7 Å². The van der Waals surface area contributed by atoms with Gasteiger partial charge in [-0.3, -0.25) is 14.3 Å². The van der Waals surface area contributed by atoms with Gasteiger partial charge in [-0.25, -0.2) is 4.79 Å². The number of primary amides is 1. The predicted octanol–water partition coefficient (Wildman–Crippen LogP) is -0.959. The highest BCUT2D eigenvalue weighted by molar-refractivity contribution is 5.96. The molecule has 0 aliphatic rings. The lowest BCUT2D eigenvalue weighted by atomic mass is 10.2. The molecule has 8 heteroatoms. The highest BCUT2D eigenvalue weighted by atomic mass is 16.4. The third-order valence-corrected chi connectivity index (χ3v) is 2.53. The molecule has 8 nitrogen and oxygen atoms in total. The highest BCUT2D eigenvalue weighted by Crippen LogP contribution is 2.05. The number of hydrogen-bond acceptors (Lipinski definition) is 4. The van der Waals surface area contributed by atoms with Gasteiger partial charge in [-0.15, -0.1) is 0 Å². The van der Waals surface area contributed by atoms with E-state index in [4.69, 9.17) is 10.8 Å². The van der Waals surface area contributed by atoms with Gasteiger partial charge in [0.2, 0.25) is 5.91 Å². The average Bonchev–Trinajstić information content (AvgIpc) is 2.69. The molecule has 4 N–H and O–H groups in total. The fourth-order valence-electron chi connectivity index (χ4n) is 1.55. The van der Waals surface area contributed by atoms with Crippen molar-refractivity contribution in [3.05, 3.63) is 17.5 Å². The van der Waals surface area contributed by atoms with Gasteiger partial charge in [-0.2, -0.15) is 5.10 Å². The second kappa shape index (κ2) is 5.98. The minimum Gasteiger partial charge on any atom is -0.480 e. The van der Waals surface area contributed by atoms with E-state index in [1.165, 1.54) is 4.68 Å². The molecule has 1 aromatic rings. The largest absolute Gasteiger partial charge is 0.480 e. The van der Waals surface area contributed by atoms with Crippen molar-refractivity contribution in [3.8, 4) is 0 Å². The van der Waals surface area contributed by atoms with Crippen molar-refractivity contribution >= 4 is 17.8 Å². The normalized spacial score (nSPS) is 11.9. The van der Waals surface area contributed by atoms with Crippen LogP contribution in [0.25, 0.3) is 0 Å². The number of carbonyl (C=O) groups excluding carboxylic acids is 2. The molecule has 0 unspecified atom stereocenters. The number of rotatable bonds is 6. The summed E-state index contributed by atoms with van der Waals surface area (Å²) in [5.41, 5.74) is 5.88. The van der Waals surface area contributed by atoms with Crippen LogP contribution in [0.1, 0.15) is 29.5 Å². The number of aromatic nitrogens is 2. The van der Waals surface area contributed by atoms with Crippen molar-refractivity contribution in [1.82, 2.24) is 15.1 Å². The van der Waals surface area contributed by atoms with Crippen molar-refractivity contribution < 1.29 is 19.5 Å². The summed E-state index contributed by atoms with van der Waals surface area (Å²) in [5, 5.41) is 15.2. The Labute approximate surface area is 109 Å². The summed E-state index contributed by atoms with van der Waals surface area (Å²) in [6.07, 6.45) is 0.199. The lowest BCUT2D eigenvalue weighted by Crippen LogP contribution is -2.43. The zero-order chi connectivity index (χ0) is 14.6. The number of hydrogen-bond donors (Lipinski definition) is 3. The predicted molar refractivity (Wildman–Crippen MR) is 65.3 cm³/mol. The Morgan fingerprint density at radius 1 is 1.53 bits per heavy atom. The van der Waals surface area contributed by atoms with E-state index in [1.54, 1.807) is 13.1 Å². The number of amides is 2. The average molecular weight is 268 g/mol. The third kappa shape index (κ3) is 3.80. The van der Waals surface area contributed by atoms with Crippen molar-refractivity contribution in [3.63, 3.8) is 0 Å². The van der Waals surface area contributed by atoms with Gasteiger partial charge in [0, 0.05) is 7.05 Å². The summed E-state index contributed by atoms with van der Waals surface area (Å²) in [6.45, 7) is 1.89. The molecule has 0 saturated carbocycles. The Balaban J connectivity index is 2.84. The molecule has 0 fully saturated rings. The quantitative estimate of drug-likeness (QED) is 0.612. The summed E-state index contributed by atoms with van der Waals surface area (Å²) in [7, 11) is 1.58. The van der Waals surface area contributed by atoms with Crippen LogP contribution in [0.15, 0.2) is 6.07 Å². The van der Waals surface area contributed by atoms with E-state index in [-0.39, 0.29) is 5.69 Å². The Kier molecular flexibility index (Phi) is 4.62. The fourth-order valence-corrected chi connectivity index (χ4v) is 1.55. The van der Waals surface area contributed by atoms with Crippen molar-refractivity contribution in [2.24, 2.45) is 12.8 Å². The first-order chi connectivity index (χ1) is 8.85. The minimum absolute atomic E-state index is 0.229. The third-order valence-electron chi connectivity index (χ3n) is 2.53. The van der Waals surface area contributed by atoms with E-state index in [9.17, 15) is 14.4 Å². The Morgan fingerprint density at radius 3 is 2.58 bits per heavy atom. The molecule has 19 heavy (non-hydrogen) atoms. The topological polar surface area (TPSA) is 127 Å². The second-order valence-electron chi connectivity index (χ2n) is 4.03. The molecule has 0 spiro atoms. The van der Waals surface area contributed by atoms with E-state index in [0.717, 1.165) is 5.69 Å². The Morgan fingerprint density at radius 2 is 2.16 bits per heavy atom. The van der Waals surface area contributed by atoms with Gasteiger partial charge in [-0.05, 0) is 12.5 Å². The maximum atomic E-state index is 11.9. The number of nitrogens with two attached hydrogens (primary N) is 1. The summed E-state index contributed by atoms with van der Waals surface area (Å²) in [6, 6.07) is 0.225. The molecule has 1 heterocycles. The van der Waals surface area contributed by atoms with E-state index in [0.29, 0.717) is 6.42 Å². The van der Waals surface area contributed by atoms with Crippen LogP contribution in [-0.2, 0) is 23.1 Å². The molecule has 2 amide bonds. The molecule has 0 aliphatic heterocycles. The van der Waals surface area contributed by atoms with Crippen LogP contribution in [0.4, 0.5) is 0 Å². The van der Waals surface area contributed by atoms with Crippen molar-refractivity contribution in [2.75, 3.05) is 0 Å². The number of carboxylic acids is 1. The molecule has 104 valence electrons. The van der Waals surface area contributed by atoms with E-state index in [2.05, 4.69) is 10.4 Å². The van der Waals surface area contributed by atoms with Crippen molar-refractivity contribution in [1.29, 1.82) is 0 Å². The number of nitrogens with one attached hydrogen (secondary N) is 1. The maximum absolute atomic E-state index is 11.9. The molecule has 0 radical (unpaired) electrons. The lowest BCUT2D eigenvalue weighted by Gasteiger charge is -2.12. The summed E-state index contributed by atoms with van der Waals surface area (Å²) in [4.78, 5) is 33.5. The Bertz CT molecular complexity index is 509. The van der Waals surface area contributed by atoms with Gasteiger partial charge in [0.25, 0.3) is 5.91 Å². The molecule has 1 aromatic heterocycles. The zero-order valence-corrected chi connectivity index (χ0v) is 10.7. The molecular weight excluding hydrogens is 252 g/mol. The second-order valence-corrected chi connectivity index (χ2v) is 4.03. The molecule has 0 aliphatic carbocycles. The number of aryl methyl sites for hydroxylation is 2. The summed E-state index contributed by atoms with van der Waals surface area (Å²) >= 11 is 0. The van der Waals surface area contributed by atoms with Crippen LogP contribution >= 0.6 is 0 Å². The summed E-state index contributed by atoms with van der Waals surface area (Å²) < 4.78 is 1.36. The first kappa shape index (κ1) is 14.7. The minimum atomic E-state index is -1.34. The number of carbonyl (C=O) groups is 3. The summed E-state index contributed by atoms with van der Waals surface area (Å²) in [5.74, 6) is -2.72. The van der Waals surface area contributed by atoms with Gasteiger partial charge in [0.15, 0.2) is 0 Å². The lowest BCUT2D eigenvalue weighted by molar-refractivity contribution is -0.140. The van der Waals surface area contributed by atoms with Crippen molar-refractivity contribution in [2.45, 2.75) is 25.8 Å². The molecule has 0 bridgehead atoms. The molecule has 0 aromatic carbocycles. The van der Waals surface area contributed by atoms with Crippen LogP contribution in [0.5, 0.6) is 0 Å². The number of nitrogens with zero attached hydrogens (tertiary/aromatic N) is 2. The number of carboxylic acid groups (broad SMARTS) is 1. The van der Waals surface area contributed by atoms with Crippen LogP contribution in [0.3, 0.4) is 0 Å². The van der Waals surface area contributed by atoms with Crippen LogP contribution in [0.2, 0.25) is 0 Å². The van der Waals surface area contributed by atoms with Gasteiger partial charge < -0.3 is 16.2 Å².